The predicted molar refractivity (Wildman–Crippen MR) is 53.2 cm³/mol. The molecule has 0 radical (unpaired) electrons. The van der Waals surface area contributed by atoms with E-state index >= 15 is 0 Å². The number of nitrogens with two attached hydrogens (primary N) is 1. The van der Waals surface area contributed by atoms with E-state index in [9.17, 15) is 0 Å². The van der Waals surface area contributed by atoms with Crippen LogP contribution >= 0.6 is 0 Å². The molecule has 0 spiro atoms. The van der Waals surface area contributed by atoms with E-state index in [1.165, 1.54) is 0 Å². The quantitative estimate of drug-likeness (QED) is 0.726. The number of anilines is 1. The van der Waals surface area contributed by atoms with Gasteiger partial charge in [0, 0.05) is 11.8 Å². The molecule has 3 nitrogen and oxygen atoms in total. The normalized spacial score (nSPS) is 10.2. The highest BCUT2D eigenvalue weighted by atomic mass is 16.5. The van der Waals surface area contributed by atoms with Crippen LogP contribution in [0.4, 0.5) is 5.69 Å². The summed E-state index contributed by atoms with van der Waals surface area (Å²) in [5.41, 5.74) is 6.27. The zero-order chi connectivity index (χ0) is 9.84. The van der Waals surface area contributed by atoms with Crippen molar-refractivity contribution >= 4 is 5.69 Å². The Morgan fingerprint density at radius 1 is 1.23 bits per heavy atom. The Morgan fingerprint density at radius 2 is 1.92 bits per heavy atom. The van der Waals surface area contributed by atoms with Crippen LogP contribution in [0, 0.1) is 0 Å². The maximum atomic E-state index is 5.60. The number of hydrogen-bond donors (Lipinski definition) is 1. The first-order valence-electron chi connectivity index (χ1n) is 4.23. The lowest BCUT2D eigenvalue weighted by atomic mass is 10.3. The minimum Gasteiger partial charge on any atom is -0.493 e. The van der Waals surface area contributed by atoms with E-state index < -0.39 is 0 Å². The number of nitrogen functional groups attached to an aromatic ring is 1. The monoisotopic (exact) mass is 181 g/mol. The third-order valence-electron chi connectivity index (χ3n) is 1.55. The van der Waals surface area contributed by atoms with Gasteiger partial charge in [0.15, 0.2) is 11.5 Å². The predicted octanol–water partition coefficient (Wildman–Crippen LogP) is 2.06. The van der Waals surface area contributed by atoms with E-state index in [4.69, 9.17) is 15.2 Å². The molecular weight excluding hydrogens is 166 g/mol. The zero-order valence-corrected chi connectivity index (χ0v) is 8.20. The number of ether oxygens (including phenoxy) is 2. The van der Waals surface area contributed by atoms with E-state index in [1.807, 2.05) is 19.9 Å². The highest BCUT2D eigenvalue weighted by molar-refractivity contribution is 5.51. The maximum absolute atomic E-state index is 5.60. The molecule has 0 aliphatic rings. The molecule has 0 aromatic heterocycles. The molecule has 72 valence electrons. The fourth-order valence-electron chi connectivity index (χ4n) is 1.04. The third kappa shape index (κ3) is 2.54. The molecule has 0 unspecified atom stereocenters. The summed E-state index contributed by atoms with van der Waals surface area (Å²) in [6.07, 6.45) is 0.137. The number of hydrogen-bond acceptors (Lipinski definition) is 3. The molecule has 0 amide bonds. The van der Waals surface area contributed by atoms with Gasteiger partial charge in [0.25, 0.3) is 0 Å². The average molecular weight is 181 g/mol. The van der Waals surface area contributed by atoms with E-state index in [-0.39, 0.29) is 6.10 Å². The van der Waals surface area contributed by atoms with Crippen molar-refractivity contribution in [1.82, 2.24) is 0 Å². The molecule has 0 atom stereocenters. The van der Waals surface area contributed by atoms with Crippen LogP contribution in [0.2, 0.25) is 0 Å². The Labute approximate surface area is 78.5 Å². The molecule has 0 aliphatic heterocycles. The summed E-state index contributed by atoms with van der Waals surface area (Å²) in [6.45, 7) is 3.94. The number of rotatable bonds is 3. The summed E-state index contributed by atoms with van der Waals surface area (Å²) in [4.78, 5) is 0. The van der Waals surface area contributed by atoms with Crippen LogP contribution in [-0.2, 0) is 0 Å². The van der Waals surface area contributed by atoms with Gasteiger partial charge in [-0.15, -0.1) is 0 Å². The topological polar surface area (TPSA) is 44.5 Å². The van der Waals surface area contributed by atoms with Crippen LogP contribution < -0.4 is 15.2 Å². The highest BCUT2D eigenvalue weighted by Gasteiger charge is 2.05. The summed E-state index contributed by atoms with van der Waals surface area (Å²) >= 11 is 0. The molecule has 0 heterocycles. The van der Waals surface area contributed by atoms with Gasteiger partial charge in [-0.1, -0.05) is 0 Å². The SMILES string of the molecule is COc1cc(N)ccc1OC(C)C. The van der Waals surface area contributed by atoms with Gasteiger partial charge in [-0.2, -0.15) is 0 Å². The molecule has 1 rings (SSSR count). The van der Waals surface area contributed by atoms with Crippen LogP contribution in [0.15, 0.2) is 18.2 Å². The van der Waals surface area contributed by atoms with E-state index in [0.29, 0.717) is 11.4 Å². The molecule has 1 aromatic carbocycles. The molecule has 0 saturated heterocycles. The van der Waals surface area contributed by atoms with Gasteiger partial charge < -0.3 is 15.2 Å². The summed E-state index contributed by atoms with van der Waals surface area (Å²) < 4.78 is 10.6. The first kappa shape index (κ1) is 9.71. The van der Waals surface area contributed by atoms with Gasteiger partial charge in [-0.25, -0.2) is 0 Å². The lowest BCUT2D eigenvalue weighted by Crippen LogP contribution is -2.06. The van der Waals surface area contributed by atoms with Crippen LogP contribution in [0.1, 0.15) is 13.8 Å². The minimum atomic E-state index is 0.137. The first-order valence-corrected chi connectivity index (χ1v) is 4.23. The highest BCUT2D eigenvalue weighted by Crippen LogP contribution is 2.29. The third-order valence-corrected chi connectivity index (χ3v) is 1.55. The zero-order valence-electron chi connectivity index (χ0n) is 8.20. The van der Waals surface area contributed by atoms with Gasteiger partial charge in [0.1, 0.15) is 0 Å². The number of methoxy groups -OCH3 is 1. The Morgan fingerprint density at radius 3 is 2.46 bits per heavy atom. The van der Waals surface area contributed by atoms with Crippen LogP contribution in [0.25, 0.3) is 0 Å². The molecule has 0 saturated carbocycles. The van der Waals surface area contributed by atoms with Crippen molar-refractivity contribution in [2.24, 2.45) is 0 Å². The molecule has 13 heavy (non-hydrogen) atoms. The summed E-state index contributed by atoms with van der Waals surface area (Å²) in [7, 11) is 1.60. The van der Waals surface area contributed by atoms with Crippen molar-refractivity contribution in [1.29, 1.82) is 0 Å². The van der Waals surface area contributed by atoms with Crippen molar-refractivity contribution in [3.05, 3.63) is 18.2 Å². The average Bonchev–Trinajstić information content (AvgIpc) is 2.07. The van der Waals surface area contributed by atoms with Gasteiger partial charge in [-0.05, 0) is 26.0 Å². The van der Waals surface area contributed by atoms with Gasteiger partial charge in [-0.3, -0.25) is 0 Å². The fraction of sp³-hybridized carbons (Fsp3) is 0.400. The summed E-state index contributed by atoms with van der Waals surface area (Å²) in [5.74, 6) is 1.40. The van der Waals surface area contributed by atoms with Gasteiger partial charge >= 0.3 is 0 Å². The molecular formula is C10H15NO2. The van der Waals surface area contributed by atoms with Gasteiger partial charge in [0.2, 0.25) is 0 Å². The summed E-state index contributed by atoms with van der Waals surface area (Å²) in [5, 5.41) is 0. The van der Waals surface area contributed by atoms with Crippen molar-refractivity contribution in [3.8, 4) is 11.5 Å². The number of benzene rings is 1. The Balaban J connectivity index is 2.92. The smallest absolute Gasteiger partial charge is 0.162 e. The second-order valence-corrected chi connectivity index (χ2v) is 3.08. The molecule has 0 aliphatic carbocycles. The Kier molecular flexibility index (Phi) is 3.01. The van der Waals surface area contributed by atoms with Crippen LogP contribution in [0.3, 0.4) is 0 Å². The van der Waals surface area contributed by atoms with Crippen molar-refractivity contribution < 1.29 is 9.47 Å². The van der Waals surface area contributed by atoms with Gasteiger partial charge in [0.05, 0.1) is 13.2 Å². The molecule has 0 bridgehead atoms. The maximum Gasteiger partial charge on any atom is 0.162 e. The Hall–Kier alpha value is -1.38. The molecule has 2 N–H and O–H groups in total. The fourth-order valence-corrected chi connectivity index (χ4v) is 1.04. The molecule has 3 heteroatoms. The molecule has 1 aromatic rings. The minimum absolute atomic E-state index is 0.137. The van der Waals surface area contributed by atoms with Crippen LogP contribution in [-0.4, -0.2) is 13.2 Å². The lowest BCUT2D eigenvalue weighted by molar-refractivity contribution is 0.230. The van der Waals surface area contributed by atoms with E-state index in [1.54, 1.807) is 19.2 Å². The Bertz CT molecular complexity index is 284. The molecule has 0 fully saturated rings. The second-order valence-electron chi connectivity index (χ2n) is 3.08. The summed E-state index contributed by atoms with van der Waals surface area (Å²) in [6, 6.07) is 5.35. The van der Waals surface area contributed by atoms with Crippen molar-refractivity contribution in [3.63, 3.8) is 0 Å². The van der Waals surface area contributed by atoms with E-state index in [2.05, 4.69) is 0 Å². The van der Waals surface area contributed by atoms with Crippen molar-refractivity contribution in [2.45, 2.75) is 20.0 Å². The lowest BCUT2D eigenvalue weighted by Gasteiger charge is -2.13. The van der Waals surface area contributed by atoms with Crippen LogP contribution in [0.5, 0.6) is 11.5 Å². The largest absolute Gasteiger partial charge is 0.493 e. The van der Waals surface area contributed by atoms with Crippen molar-refractivity contribution in [2.75, 3.05) is 12.8 Å². The second kappa shape index (κ2) is 4.03. The standard InChI is InChI=1S/C10H15NO2/c1-7(2)13-9-5-4-8(11)6-10(9)12-3/h4-7H,11H2,1-3H3. The first-order chi connectivity index (χ1) is 6.13. The van der Waals surface area contributed by atoms with E-state index in [0.717, 1.165) is 5.75 Å².